The molecule has 0 saturated heterocycles. The highest BCUT2D eigenvalue weighted by molar-refractivity contribution is 5.76. The highest BCUT2D eigenvalue weighted by atomic mass is 16.2. The molecule has 0 fully saturated rings. The molecule has 0 radical (unpaired) electrons. The van der Waals surface area contributed by atoms with Gasteiger partial charge in [-0.3, -0.25) is 4.79 Å². The largest absolute Gasteiger partial charge is 0.352 e. The summed E-state index contributed by atoms with van der Waals surface area (Å²) >= 11 is 0. The van der Waals surface area contributed by atoms with Crippen molar-refractivity contribution in [2.45, 2.75) is 53.8 Å². The lowest BCUT2D eigenvalue weighted by atomic mass is 10.1. The molecule has 114 valence electrons. The van der Waals surface area contributed by atoms with E-state index in [1.807, 2.05) is 23.9 Å². The molecule has 1 aromatic heterocycles. The van der Waals surface area contributed by atoms with Crippen LogP contribution in [-0.4, -0.2) is 23.1 Å². The van der Waals surface area contributed by atoms with Crippen LogP contribution in [0.2, 0.25) is 0 Å². The zero-order valence-corrected chi connectivity index (χ0v) is 13.4. The molecule has 4 heteroatoms. The standard InChI is InChI=1S/C16H29N3O/c1-12(2)8-17-9-15-6-7-19(10-15)11-16(20)18-14(5)13(3)4/h6-7,10,12-14,17H,8-9,11H2,1-5H3,(H,18,20). The van der Waals surface area contributed by atoms with Crippen molar-refractivity contribution in [3.8, 4) is 0 Å². The van der Waals surface area contributed by atoms with Crippen LogP contribution in [-0.2, 0) is 17.9 Å². The van der Waals surface area contributed by atoms with Gasteiger partial charge in [0.25, 0.3) is 0 Å². The zero-order chi connectivity index (χ0) is 15.1. The number of nitrogens with zero attached hydrogens (tertiary/aromatic N) is 1. The van der Waals surface area contributed by atoms with E-state index in [2.05, 4.69) is 44.4 Å². The van der Waals surface area contributed by atoms with E-state index in [0.29, 0.717) is 18.4 Å². The first-order chi connectivity index (χ1) is 9.38. The normalized spacial score (nSPS) is 12.9. The van der Waals surface area contributed by atoms with Crippen LogP contribution < -0.4 is 10.6 Å². The van der Waals surface area contributed by atoms with Crippen molar-refractivity contribution < 1.29 is 4.79 Å². The molecule has 1 unspecified atom stereocenters. The van der Waals surface area contributed by atoms with Gasteiger partial charge in [-0.25, -0.2) is 0 Å². The Morgan fingerprint density at radius 1 is 1.25 bits per heavy atom. The molecule has 0 spiro atoms. The molecule has 1 heterocycles. The highest BCUT2D eigenvalue weighted by Crippen LogP contribution is 2.03. The quantitative estimate of drug-likeness (QED) is 0.767. The third kappa shape index (κ3) is 6.24. The number of rotatable bonds is 8. The van der Waals surface area contributed by atoms with Crippen molar-refractivity contribution in [1.82, 2.24) is 15.2 Å². The van der Waals surface area contributed by atoms with Gasteiger partial charge < -0.3 is 15.2 Å². The molecule has 0 aromatic carbocycles. The Bertz CT molecular complexity index is 410. The Balaban J connectivity index is 2.37. The molecular formula is C16H29N3O. The Morgan fingerprint density at radius 2 is 1.95 bits per heavy atom. The van der Waals surface area contributed by atoms with Gasteiger partial charge in [-0.15, -0.1) is 0 Å². The molecule has 4 nitrogen and oxygen atoms in total. The third-order valence-electron chi connectivity index (χ3n) is 3.41. The minimum atomic E-state index is 0.0727. The number of hydrogen-bond acceptors (Lipinski definition) is 2. The molecule has 0 bridgehead atoms. The Kier molecular flexibility index (Phi) is 6.79. The second kappa shape index (κ2) is 8.10. The smallest absolute Gasteiger partial charge is 0.240 e. The molecule has 1 amide bonds. The first-order valence-electron chi connectivity index (χ1n) is 7.53. The van der Waals surface area contributed by atoms with E-state index in [0.717, 1.165) is 13.1 Å². The summed E-state index contributed by atoms with van der Waals surface area (Å²) in [4.78, 5) is 11.9. The van der Waals surface area contributed by atoms with E-state index in [-0.39, 0.29) is 11.9 Å². The Morgan fingerprint density at radius 3 is 2.55 bits per heavy atom. The van der Waals surface area contributed by atoms with E-state index in [1.165, 1.54) is 5.56 Å². The van der Waals surface area contributed by atoms with E-state index in [9.17, 15) is 4.79 Å². The molecule has 0 aliphatic rings. The van der Waals surface area contributed by atoms with Gasteiger partial charge in [0.1, 0.15) is 6.54 Å². The molecule has 20 heavy (non-hydrogen) atoms. The number of carbonyl (C=O) groups is 1. The van der Waals surface area contributed by atoms with Gasteiger partial charge in [0.15, 0.2) is 0 Å². The number of carbonyl (C=O) groups excluding carboxylic acids is 1. The van der Waals surface area contributed by atoms with Gasteiger partial charge in [-0.05, 0) is 36.9 Å². The van der Waals surface area contributed by atoms with Gasteiger partial charge in [0.05, 0.1) is 0 Å². The molecular weight excluding hydrogens is 250 g/mol. The second-order valence-electron chi connectivity index (χ2n) is 6.32. The summed E-state index contributed by atoms with van der Waals surface area (Å²) in [6.07, 6.45) is 4.00. The second-order valence-corrected chi connectivity index (χ2v) is 6.32. The van der Waals surface area contributed by atoms with Crippen molar-refractivity contribution in [3.05, 3.63) is 24.0 Å². The summed E-state index contributed by atoms with van der Waals surface area (Å²) in [5.41, 5.74) is 1.22. The number of aromatic nitrogens is 1. The van der Waals surface area contributed by atoms with Gasteiger partial charge in [-0.2, -0.15) is 0 Å². The van der Waals surface area contributed by atoms with Crippen LogP contribution in [0.4, 0.5) is 0 Å². The SMILES string of the molecule is CC(C)CNCc1ccn(CC(=O)NC(C)C(C)C)c1. The third-order valence-corrected chi connectivity index (χ3v) is 3.41. The van der Waals surface area contributed by atoms with Crippen LogP contribution in [0.15, 0.2) is 18.5 Å². The Labute approximate surface area is 122 Å². The monoisotopic (exact) mass is 279 g/mol. The first-order valence-corrected chi connectivity index (χ1v) is 7.53. The van der Waals surface area contributed by atoms with Gasteiger partial charge in [0.2, 0.25) is 5.91 Å². The summed E-state index contributed by atoms with van der Waals surface area (Å²) in [5, 5.41) is 6.42. The fraction of sp³-hybridized carbons (Fsp3) is 0.688. The summed E-state index contributed by atoms with van der Waals surface area (Å²) in [5.74, 6) is 1.18. The number of amides is 1. The van der Waals surface area contributed by atoms with Crippen LogP contribution in [0.25, 0.3) is 0 Å². The van der Waals surface area contributed by atoms with E-state index < -0.39 is 0 Å². The van der Waals surface area contributed by atoms with Gasteiger partial charge in [0, 0.05) is 25.0 Å². The number of hydrogen-bond donors (Lipinski definition) is 2. The summed E-state index contributed by atoms with van der Waals surface area (Å²) in [7, 11) is 0. The van der Waals surface area contributed by atoms with Crippen LogP contribution in [0, 0.1) is 11.8 Å². The molecule has 1 rings (SSSR count). The zero-order valence-electron chi connectivity index (χ0n) is 13.4. The molecule has 0 saturated carbocycles. The molecule has 2 N–H and O–H groups in total. The van der Waals surface area contributed by atoms with Crippen molar-refractivity contribution >= 4 is 5.91 Å². The van der Waals surface area contributed by atoms with Crippen molar-refractivity contribution in [3.63, 3.8) is 0 Å². The van der Waals surface area contributed by atoms with E-state index >= 15 is 0 Å². The van der Waals surface area contributed by atoms with Crippen LogP contribution in [0.1, 0.15) is 40.2 Å². The average molecular weight is 279 g/mol. The molecule has 1 atom stereocenters. The van der Waals surface area contributed by atoms with Gasteiger partial charge in [-0.1, -0.05) is 27.7 Å². The Hall–Kier alpha value is -1.29. The molecule has 0 aliphatic heterocycles. The van der Waals surface area contributed by atoms with Crippen molar-refractivity contribution in [1.29, 1.82) is 0 Å². The molecule has 0 aliphatic carbocycles. The maximum absolute atomic E-state index is 11.9. The van der Waals surface area contributed by atoms with Crippen LogP contribution in [0.3, 0.4) is 0 Å². The maximum Gasteiger partial charge on any atom is 0.240 e. The lowest BCUT2D eigenvalue weighted by Crippen LogP contribution is -2.37. The van der Waals surface area contributed by atoms with E-state index in [1.54, 1.807) is 0 Å². The highest BCUT2D eigenvalue weighted by Gasteiger charge is 2.11. The van der Waals surface area contributed by atoms with Crippen molar-refractivity contribution in [2.75, 3.05) is 6.54 Å². The molecule has 1 aromatic rings. The fourth-order valence-corrected chi connectivity index (χ4v) is 1.83. The lowest BCUT2D eigenvalue weighted by molar-refractivity contribution is -0.122. The predicted octanol–water partition coefficient (Wildman–Crippen LogP) is 2.39. The summed E-state index contributed by atoms with van der Waals surface area (Å²) < 4.78 is 1.94. The number of nitrogens with one attached hydrogen (secondary N) is 2. The summed E-state index contributed by atoms with van der Waals surface area (Å²) in [6, 6.07) is 2.28. The van der Waals surface area contributed by atoms with Crippen LogP contribution >= 0.6 is 0 Å². The first kappa shape index (κ1) is 16.8. The van der Waals surface area contributed by atoms with Crippen LogP contribution in [0.5, 0.6) is 0 Å². The topological polar surface area (TPSA) is 46.1 Å². The minimum absolute atomic E-state index is 0.0727. The minimum Gasteiger partial charge on any atom is -0.352 e. The fourth-order valence-electron chi connectivity index (χ4n) is 1.83. The summed E-state index contributed by atoms with van der Waals surface area (Å²) in [6.45, 7) is 12.9. The lowest BCUT2D eigenvalue weighted by Gasteiger charge is -2.17. The van der Waals surface area contributed by atoms with E-state index in [4.69, 9.17) is 0 Å². The predicted molar refractivity (Wildman–Crippen MR) is 83.4 cm³/mol. The van der Waals surface area contributed by atoms with Crippen molar-refractivity contribution in [2.24, 2.45) is 11.8 Å². The van der Waals surface area contributed by atoms with Gasteiger partial charge >= 0.3 is 0 Å². The average Bonchev–Trinajstić information content (AvgIpc) is 2.75. The maximum atomic E-state index is 11.9.